The number of pyridine rings is 1. The number of anilines is 1. The number of methoxy groups -OCH3 is 1. The number of hydrogen-bond donors (Lipinski definition) is 2. The van der Waals surface area contributed by atoms with Crippen molar-refractivity contribution in [1.29, 1.82) is 0 Å². The van der Waals surface area contributed by atoms with Crippen LogP contribution >= 0.6 is 11.3 Å². The van der Waals surface area contributed by atoms with Gasteiger partial charge < -0.3 is 43.2 Å². The van der Waals surface area contributed by atoms with Crippen molar-refractivity contribution in [1.82, 2.24) is 35.2 Å². The zero-order valence-corrected chi connectivity index (χ0v) is 44.3. The number of nitrogens with zero attached hydrogens (tertiary/aromatic N) is 6. The molecule has 8 aliphatic rings. The number of cyclic esters (lactones) is 1. The molecule has 2 N–H and O–H groups in total. The highest BCUT2D eigenvalue weighted by Gasteiger charge is 2.61. The summed E-state index contributed by atoms with van der Waals surface area (Å²) in [4.78, 5) is 59.0. The minimum absolute atomic E-state index is 0.0386. The number of hydrazine groups is 1. The van der Waals surface area contributed by atoms with E-state index in [1.54, 1.807) is 7.11 Å². The fourth-order valence-electron chi connectivity index (χ4n) is 12.2. The Morgan fingerprint density at radius 3 is 2.55 bits per heavy atom. The first-order chi connectivity index (χ1) is 35.3. The third-order valence-electron chi connectivity index (χ3n) is 16.6. The average Bonchev–Trinajstić information content (AvgIpc) is 3.75. The van der Waals surface area contributed by atoms with Crippen molar-refractivity contribution in [2.75, 3.05) is 77.8 Å². The maximum atomic E-state index is 14.9. The van der Waals surface area contributed by atoms with Crippen LogP contribution in [0.4, 0.5) is 5.69 Å². The van der Waals surface area contributed by atoms with Gasteiger partial charge in [0.25, 0.3) is 11.8 Å². The highest BCUT2D eigenvalue weighted by Crippen LogP contribution is 2.52. The number of carbonyl (C=O) groups excluding carboxylic acids is 3. The van der Waals surface area contributed by atoms with Crippen molar-refractivity contribution in [3.05, 3.63) is 52.1 Å². The predicted molar refractivity (Wildman–Crippen MR) is 277 cm³/mol. The normalized spacial score (nSPS) is 28.4. The molecule has 7 fully saturated rings. The van der Waals surface area contributed by atoms with E-state index in [1.165, 1.54) is 29.2 Å². The van der Waals surface area contributed by atoms with E-state index in [0.717, 1.165) is 95.4 Å². The van der Waals surface area contributed by atoms with Gasteiger partial charge in [0.2, 0.25) is 0 Å². The summed E-state index contributed by atoms with van der Waals surface area (Å²) in [6, 6.07) is 7.64. The van der Waals surface area contributed by atoms with Gasteiger partial charge in [-0.2, -0.15) is 0 Å². The van der Waals surface area contributed by atoms with Crippen molar-refractivity contribution >= 4 is 45.7 Å². The number of esters is 1. The molecular formula is C55H74N8O9S. The lowest BCUT2D eigenvalue weighted by Crippen LogP contribution is -2.63. The number of fused-ring (bicyclic) bond motifs is 7. The summed E-state index contributed by atoms with van der Waals surface area (Å²) in [7, 11) is 1.74. The van der Waals surface area contributed by atoms with E-state index in [4.69, 9.17) is 38.4 Å². The molecule has 17 nitrogen and oxygen atoms in total. The molecule has 1 unspecified atom stereocenters. The van der Waals surface area contributed by atoms with Crippen molar-refractivity contribution in [2.45, 2.75) is 147 Å². The monoisotopic (exact) mass is 1020 g/mol. The zero-order valence-electron chi connectivity index (χ0n) is 43.5. The third kappa shape index (κ3) is 10.2. The zero-order chi connectivity index (χ0) is 50.6. The van der Waals surface area contributed by atoms with Crippen LogP contribution in [0.5, 0.6) is 0 Å². The van der Waals surface area contributed by atoms with Crippen molar-refractivity contribution in [3.8, 4) is 22.5 Å². The molecule has 1 aromatic carbocycles. The van der Waals surface area contributed by atoms with Gasteiger partial charge in [-0.1, -0.05) is 19.9 Å². The Labute approximate surface area is 432 Å². The molecule has 394 valence electrons. The van der Waals surface area contributed by atoms with E-state index in [9.17, 15) is 14.4 Å². The molecule has 3 aromatic heterocycles. The van der Waals surface area contributed by atoms with Gasteiger partial charge in [0, 0.05) is 105 Å². The number of hydrogen-bond acceptors (Lipinski definition) is 15. The third-order valence-corrected chi connectivity index (χ3v) is 17.5. The molecule has 5 saturated heterocycles. The van der Waals surface area contributed by atoms with Crippen LogP contribution in [0.15, 0.2) is 35.8 Å². The molecule has 5 atom stereocenters. The molecule has 9 heterocycles. The van der Waals surface area contributed by atoms with Crippen LogP contribution in [-0.2, 0) is 55.8 Å². The minimum Gasteiger partial charge on any atom is -0.464 e. The molecular weight excluding hydrogens is 949 g/mol. The van der Waals surface area contributed by atoms with Gasteiger partial charge in [-0.05, 0) is 108 Å². The fourth-order valence-corrected chi connectivity index (χ4v) is 13.1. The molecule has 8 bridgehead atoms. The van der Waals surface area contributed by atoms with E-state index < -0.39 is 41.1 Å². The van der Waals surface area contributed by atoms with Gasteiger partial charge in [-0.3, -0.25) is 29.3 Å². The maximum Gasteiger partial charge on any atom is 0.324 e. The largest absolute Gasteiger partial charge is 0.464 e. The van der Waals surface area contributed by atoms with Crippen LogP contribution in [0.25, 0.3) is 33.4 Å². The fraction of sp³-hybridized carbons (Fsp3) is 0.655. The molecule has 0 spiro atoms. The van der Waals surface area contributed by atoms with Crippen LogP contribution in [0.3, 0.4) is 0 Å². The maximum absolute atomic E-state index is 14.9. The number of carbonyl (C=O) groups is 3. The second-order valence-electron chi connectivity index (χ2n) is 22.3. The van der Waals surface area contributed by atoms with Gasteiger partial charge in [0.1, 0.15) is 28.8 Å². The number of piperazine rings is 1. The lowest BCUT2D eigenvalue weighted by molar-refractivity contribution is -0.159. The quantitative estimate of drug-likeness (QED) is 0.135. The molecule has 6 aliphatic heterocycles. The lowest BCUT2D eigenvalue weighted by atomic mass is 9.72. The molecule has 0 radical (unpaired) electrons. The molecule has 18 heteroatoms. The Morgan fingerprint density at radius 1 is 1.03 bits per heavy atom. The Morgan fingerprint density at radius 2 is 1.82 bits per heavy atom. The summed E-state index contributed by atoms with van der Waals surface area (Å²) in [5, 5.41) is 8.18. The summed E-state index contributed by atoms with van der Waals surface area (Å²) in [5.41, 5.74) is 9.40. The number of ether oxygens (including phenoxy) is 6. The molecule has 2 saturated carbocycles. The molecule has 12 rings (SSSR count). The van der Waals surface area contributed by atoms with E-state index in [0.29, 0.717) is 75.9 Å². The first kappa shape index (κ1) is 50.6. The van der Waals surface area contributed by atoms with Crippen LogP contribution in [0.1, 0.15) is 114 Å². The van der Waals surface area contributed by atoms with E-state index in [-0.39, 0.29) is 37.4 Å². The molecule has 2 amide bonds. The second kappa shape index (κ2) is 20.9. The van der Waals surface area contributed by atoms with Crippen LogP contribution < -0.4 is 15.6 Å². The summed E-state index contributed by atoms with van der Waals surface area (Å²) >= 11 is 1.40. The van der Waals surface area contributed by atoms with Crippen LogP contribution in [0.2, 0.25) is 0 Å². The number of amides is 2. The van der Waals surface area contributed by atoms with E-state index in [2.05, 4.69) is 70.1 Å². The number of nitrogens with one attached hydrogen (secondary N) is 2. The Bertz CT molecular complexity index is 2670. The van der Waals surface area contributed by atoms with Gasteiger partial charge >= 0.3 is 5.97 Å². The lowest BCUT2D eigenvalue weighted by Gasteiger charge is -2.39. The van der Waals surface area contributed by atoms with Gasteiger partial charge in [0.05, 0.1) is 60.5 Å². The summed E-state index contributed by atoms with van der Waals surface area (Å²) in [6.45, 7) is 17.3. The van der Waals surface area contributed by atoms with Crippen LogP contribution in [-0.4, -0.2) is 151 Å². The number of aromatic nitrogens is 3. The van der Waals surface area contributed by atoms with Gasteiger partial charge in [-0.25, -0.2) is 10.4 Å². The number of thiazole rings is 1. The van der Waals surface area contributed by atoms with E-state index in [1.807, 2.05) is 25.4 Å². The first-order valence-electron chi connectivity index (χ1n) is 27.0. The second-order valence-corrected chi connectivity index (χ2v) is 23.2. The Balaban J connectivity index is 1.04. The molecule has 4 aromatic rings. The molecule has 2 aliphatic carbocycles. The van der Waals surface area contributed by atoms with Crippen molar-refractivity contribution in [2.24, 2.45) is 11.3 Å². The minimum atomic E-state index is -1.16. The smallest absolute Gasteiger partial charge is 0.324 e. The first-order valence-corrected chi connectivity index (χ1v) is 27.9. The van der Waals surface area contributed by atoms with Crippen molar-refractivity contribution < 1.29 is 42.8 Å². The predicted octanol–water partition coefficient (Wildman–Crippen LogP) is 6.77. The highest BCUT2D eigenvalue weighted by atomic mass is 32.1. The Kier molecular flexibility index (Phi) is 14.5. The summed E-state index contributed by atoms with van der Waals surface area (Å²) < 4.78 is 39.8. The summed E-state index contributed by atoms with van der Waals surface area (Å²) in [6.07, 6.45) is 7.98. The van der Waals surface area contributed by atoms with Crippen LogP contribution in [0, 0.1) is 11.3 Å². The Hall–Kier alpha value is -4.53. The van der Waals surface area contributed by atoms with Gasteiger partial charge in [-0.15, -0.1) is 11.3 Å². The highest BCUT2D eigenvalue weighted by molar-refractivity contribution is 7.10. The topological polar surface area (TPSA) is 171 Å². The van der Waals surface area contributed by atoms with Crippen molar-refractivity contribution in [3.63, 3.8) is 0 Å². The standard InChI is InChI=1S/C55H74N8O9S/c1-7-69-49-47(58-53(66)55-27-36(28-55)33(2)72-55)51(64)63-16-8-9-43(59-63)52(65)71-32-54(4,5)29-42-40-25-35(44-31-73-50(49)57-44)10-13-45(40)62(21-24-70-39-14-22-68-23-15-39)48(42)41-26-38(30-56-46(41)34(3)67-6)61-19-17-60(18-20-61)37-11-12-37/h10,13,25-26,30-31,33-34,36-37,39,43,47,49,59H,7-9,11-12,14-24,27-29,32H2,1-6H3,(H,58,66)/t33?,34-,36?,43-,47-,49-,55?/m0/s1. The van der Waals surface area contributed by atoms with Gasteiger partial charge in [0.15, 0.2) is 0 Å². The number of rotatable bonds is 13. The SMILES string of the molecule is CCO[C@@H]1c2nc(cs2)-c2ccc3c(c2)c(c(-c2cc(N4CCN(C5CC5)CC4)cnc2[C@H](C)OC)n3CCOC2CCOCC2)CC(C)(C)COC(=O)[C@@H]2CCCN(N2)C(=O)[C@H]1NC(=O)C12CC(C1)C(C)O2. The molecule has 73 heavy (non-hydrogen) atoms. The number of benzene rings is 1. The summed E-state index contributed by atoms with van der Waals surface area (Å²) in [5.74, 6) is -0.871. The average molecular weight is 1020 g/mol. The van der Waals surface area contributed by atoms with E-state index >= 15 is 0 Å².